The van der Waals surface area contributed by atoms with Gasteiger partial charge in [0.1, 0.15) is 5.82 Å². The van der Waals surface area contributed by atoms with E-state index in [9.17, 15) is 4.79 Å². The van der Waals surface area contributed by atoms with E-state index in [-0.39, 0.29) is 5.91 Å². The molecule has 2 aromatic rings. The van der Waals surface area contributed by atoms with Crippen LogP contribution < -0.4 is 11.1 Å². The van der Waals surface area contributed by atoms with Crippen molar-refractivity contribution in [1.29, 1.82) is 0 Å². The molecule has 0 atom stereocenters. The number of nitrogen functional groups attached to an aromatic ring is 1. The Kier molecular flexibility index (Phi) is 3.32. The number of rotatable bonds is 4. The standard InChI is InChI=1S/C17H21N3O/c1-11(2)17(7-8-17)10-19-16(21)13-9-15(18)20-14-6-4-3-5-12(13)14/h3-6,9,11H,7-8,10H2,1-2H3,(H2,18,20)(H,19,21). The van der Waals surface area contributed by atoms with Gasteiger partial charge in [0.15, 0.2) is 0 Å². The number of nitrogens with two attached hydrogens (primary N) is 1. The highest BCUT2D eigenvalue weighted by molar-refractivity contribution is 6.06. The molecule has 21 heavy (non-hydrogen) atoms. The zero-order valence-corrected chi connectivity index (χ0v) is 12.5. The molecule has 0 unspecified atom stereocenters. The summed E-state index contributed by atoms with van der Waals surface area (Å²) >= 11 is 0. The zero-order chi connectivity index (χ0) is 15.0. The van der Waals surface area contributed by atoms with E-state index in [4.69, 9.17) is 5.73 Å². The maximum absolute atomic E-state index is 12.5. The van der Waals surface area contributed by atoms with E-state index in [0.29, 0.717) is 22.7 Å². The number of benzene rings is 1. The van der Waals surface area contributed by atoms with Crippen molar-refractivity contribution in [2.24, 2.45) is 11.3 Å². The molecule has 1 fully saturated rings. The molecule has 0 radical (unpaired) electrons. The van der Waals surface area contributed by atoms with E-state index in [1.165, 1.54) is 12.8 Å². The van der Waals surface area contributed by atoms with Crippen LogP contribution in [-0.4, -0.2) is 17.4 Å². The average Bonchev–Trinajstić information content (AvgIpc) is 3.25. The number of nitrogens with zero attached hydrogens (tertiary/aromatic N) is 1. The summed E-state index contributed by atoms with van der Waals surface area (Å²) in [6.45, 7) is 5.18. The fourth-order valence-corrected chi connectivity index (χ4v) is 2.85. The van der Waals surface area contributed by atoms with Gasteiger partial charge >= 0.3 is 0 Å². The number of carbonyl (C=O) groups excluding carboxylic acids is 1. The lowest BCUT2D eigenvalue weighted by Crippen LogP contribution is -2.32. The van der Waals surface area contributed by atoms with Crippen molar-refractivity contribution < 1.29 is 4.79 Å². The summed E-state index contributed by atoms with van der Waals surface area (Å²) in [4.78, 5) is 16.8. The maximum Gasteiger partial charge on any atom is 0.252 e. The van der Waals surface area contributed by atoms with E-state index in [2.05, 4.69) is 24.1 Å². The summed E-state index contributed by atoms with van der Waals surface area (Å²) in [7, 11) is 0. The van der Waals surface area contributed by atoms with E-state index >= 15 is 0 Å². The molecule has 1 aromatic carbocycles. The van der Waals surface area contributed by atoms with Crippen LogP contribution in [0, 0.1) is 11.3 Å². The summed E-state index contributed by atoms with van der Waals surface area (Å²) in [5.41, 5.74) is 7.48. The van der Waals surface area contributed by atoms with Crippen LogP contribution in [0.25, 0.3) is 10.9 Å². The Bertz CT molecular complexity index is 689. The fraction of sp³-hybridized carbons (Fsp3) is 0.412. The van der Waals surface area contributed by atoms with E-state index in [0.717, 1.165) is 17.4 Å². The summed E-state index contributed by atoms with van der Waals surface area (Å²) in [6.07, 6.45) is 2.40. The molecule has 1 aliphatic rings. The lowest BCUT2D eigenvalue weighted by molar-refractivity contribution is 0.0941. The number of pyridine rings is 1. The Morgan fingerprint density at radius 2 is 2.10 bits per heavy atom. The average molecular weight is 283 g/mol. The summed E-state index contributed by atoms with van der Waals surface area (Å²) in [6, 6.07) is 9.25. The van der Waals surface area contributed by atoms with Crippen molar-refractivity contribution in [3.8, 4) is 0 Å². The molecule has 1 heterocycles. The van der Waals surface area contributed by atoms with E-state index in [1.54, 1.807) is 6.07 Å². The first-order chi connectivity index (χ1) is 10.0. The molecular weight excluding hydrogens is 262 g/mol. The molecule has 4 nitrogen and oxygen atoms in total. The SMILES string of the molecule is CC(C)C1(CNC(=O)c2cc(N)nc3ccccc23)CC1. The third-order valence-electron chi connectivity index (χ3n) is 4.70. The number of nitrogens with one attached hydrogen (secondary N) is 1. The highest BCUT2D eigenvalue weighted by Crippen LogP contribution is 2.51. The van der Waals surface area contributed by atoms with Gasteiger partial charge in [-0.3, -0.25) is 4.79 Å². The highest BCUT2D eigenvalue weighted by Gasteiger charge is 2.45. The van der Waals surface area contributed by atoms with Crippen molar-refractivity contribution >= 4 is 22.6 Å². The quantitative estimate of drug-likeness (QED) is 0.906. The lowest BCUT2D eigenvalue weighted by Gasteiger charge is -2.20. The molecule has 0 spiro atoms. The van der Waals surface area contributed by atoms with Crippen LogP contribution in [0.5, 0.6) is 0 Å². The third kappa shape index (κ3) is 2.58. The predicted octanol–water partition coefficient (Wildman–Crippen LogP) is 2.98. The topological polar surface area (TPSA) is 68.0 Å². The van der Waals surface area contributed by atoms with Crippen LogP contribution in [0.15, 0.2) is 30.3 Å². The van der Waals surface area contributed by atoms with Gasteiger partial charge in [0.2, 0.25) is 0 Å². The zero-order valence-electron chi connectivity index (χ0n) is 12.5. The molecule has 3 rings (SSSR count). The minimum absolute atomic E-state index is 0.0628. The van der Waals surface area contributed by atoms with E-state index < -0.39 is 0 Å². The second-order valence-electron chi connectivity index (χ2n) is 6.31. The van der Waals surface area contributed by atoms with Crippen molar-refractivity contribution in [2.75, 3.05) is 12.3 Å². The van der Waals surface area contributed by atoms with Gasteiger partial charge in [0.05, 0.1) is 11.1 Å². The van der Waals surface area contributed by atoms with Gasteiger partial charge in [0.25, 0.3) is 5.91 Å². The third-order valence-corrected chi connectivity index (χ3v) is 4.70. The Morgan fingerprint density at radius 1 is 1.38 bits per heavy atom. The number of hydrogen-bond donors (Lipinski definition) is 2. The van der Waals surface area contributed by atoms with Crippen molar-refractivity contribution in [3.05, 3.63) is 35.9 Å². The normalized spacial score (nSPS) is 16.1. The Morgan fingerprint density at radius 3 is 2.76 bits per heavy atom. The van der Waals surface area contributed by atoms with Crippen molar-refractivity contribution in [2.45, 2.75) is 26.7 Å². The molecule has 0 saturated heterocycles. The molecule has 0 bridgehead atoms. The molecule has 3 N–H and O–H groups in total. The number of carbonyl (C=O) groups is 1. The van der Waals surface area contributed by atoms with Crippen LogP contribution in [0.3, 0.4) is 0 Å². The molecule has 1 amide bonds. The molecule has 1 aliphatic carbocycles. The van der Waals surface area contributed by atoms with Gasteiger partial charge in [-0.25, -0.2) is 4.98 Å². The van der Waals surface area contributed by atoms with E-state index in [1.807, 2.05) is 24.3 Å². The smallest absolute Gasteiger partial charge is 0.252 e. The second kappa shape index (κ2) is 5.02. The summed E-state index contributed by atoms with van der Waals surface area (Å²) in [5, 5.41) is 3.93. The molecular formula is C17H21N3O. The highest BCUT2D eigenvalue weighted by atomic mass is 16.1. The Hall–Kier alpha value is -2.10. The lowest BCUT2D eigenvalue weighted by atomic mass is 9.92. The number of para-hydroxylation sites is 1. The second-order valence-corrected chi connectivity index (χ2v) is 6.31. The predicted molar refractivity (Wildman–Crippen MR) is 85.0 cm³/mol. The Labute approximate surface area is 124 Å². The molecule has 110 valence electrons. The van der Waals surface area contributed by atoms with Crippen LogP contribution >= 0.6 is 0 Å². The monoisotopic (exact) mass is 283 g/mol. The van der Waals surface area contributed by atoms with Gasteiger partial charge in [-0.05, 0) is 36.3 Å². The van der Waals surface area contributed by atoms with Crippen LogP contribution in [0.2, 0.25) is 0 Å². The van der Waals surface area contributed by atoms with Crippen LogP contribution in [0.1, 0.15) is 37.0 Å². The number of hydrogen-bond acceptors (Lipinski definition) is 3. The van der Waals surface area contributed by atoms with Crippen molar-refractivity contribution in [3.63, 3.8) is 0 Å². The van der Waals surface area contributed by atoms with Crippen LogP contribution in [0.4, 0.5) is 5.82 Å². The van der Waals surface area contributed by atoms with Crippen LogP contribution in [-0.2, 0) is 0 Å². The van der Waals surface area contributed by atoms with Gasteiger partial charge < -0.3 is 11.1 Å². The summed E-state index contributed by atoms with van der Waals surface area (Å²) in [5.74, 6) is 0.910. The minimum Gasteiger partial charge on any atom is -0.384 e. The maximum atomic E-state index is 12.5. The fourth-order valence-electron chi connectivity index (χ4n) is 2.85. The van der Waals surface area contributed by atoms with Gasteiger partial charge in [-0.15, -0.1) is 0 Å². The molecule has 4 heteroatoms. The molecule has 1 saturated carbocycles. The number of anilines is 1. The summed E-state index contributed by atoms with van der Waals surface area (Å²) < 4.78 is 0. The minimum atomic E-state index is -0.0628. The van der Waals surface area contributed by atoms with Gasteiger partial charge in [-0.2, -0.15) is 0 Å². The first-order valence-electron chi connectivity index (χ1n) is 7.45. The Balaban J connectivity index is 1.85. The first-order valence-corrected chi connectivity index (χ1v) is 7.45. The van der Waals surface area contributed by atoms with Gasteiger partial charge in [-0.1, -0.05) is 32.0 Å². The van der Waals surface area contributed by atoms with Crippen molar-refractivity contribution in [1.82, 2.24) is 10.3 Å². The largest absolute Gasteiger partial charge is 0.384 e. The molecule has 0 aliphatic heterocycles. The number of fused-ring (bicyclic) bond motifs is 1. The number of aromatic nitrogens is 1. The molecule has 1 aromatic heterocycles. The number of amides is 1. The van der Waals surface area contributed by atoms with Gasteiger partial charge in [0, 0.05) is 11.9 Å². The first kappa shape index (κ1) is 13.9.